The van der Waals surface area contributed by atoms with Gasteiger partial charge in [0, 0.05) is 20.2 Å². The summed E-state index contributed by atoms with van der Waals surface area (Å²) in [4.78, 5) is 11.8. The van der Waals surface area contributed by atoms with Crippen molar-refractivity contribution in [2.24, 2.45) is 0 Å². The third-order valence-corrected chi connectivity index (χ3v) is 1.91. The highest BCUT2D eigenvalue weighted by molar-refractivity contribution is 6.33. The molecule has 1 rings (SSSR count). The van der Waals surface area contributed by atoms with E-state index >= 15 is 0 Å². The molecule has 4 nitrogen and oxygen atoms in total. The van der Waals surface area contributed by atoms with Gasteiger partial charge in [-0.1, -0.05) is 17.7 Å². The van der Waals surface area contributed by atoms with E-state index in [2.05, 4.69) is 0 Å². The van der Waals surface area contributed by atoms with E-state index in [0.29, 0.717) is 10.7 Å². The number of anilines is 1. The SMILES string of the molecule is CN(C)c1c(Cl)cccc1[N+](=O)[O-]. The highest BCUT2D eigenvalue weighted by Crippen LogP contribution is 2.33. The van der Waals surface area contributed by atoms with Crippen LogP contribution in [-0.2, 0) is 0 Å². The van der Waals surface area contributed by atoms with Crippen LogP contribution in [0.2, 0.25) is 5.02 Å². The predicted octanol–water partition coefficient (Wildman–Crippen LogP) is 2.31. The van der Waals surface area contributed by atoms with Crippen molar-refractivity contribution in [1.29, 1.82) is 0 Å². The molecule has 0 heterocycles. The van der Waals surface area contributed by atoms with Gasteiger partial charge in [0.05, 0.1) is 9.95 Å². The van der Waals surface area contributed by atoms with Gasteiger partial charge in [-0.2, -0.15) is 0 Å². The maximum Gasteiger partial charge on any atom is 0.294 e. The zero-order chi connectivity index (χ0) is 10.0. The summed E-state index contributed by atoms with van der Waals surface area (Å²) in [6, 6.07) is 4.62. The summed E-state index contributed by atoms with van der Waals surface area (Å²) < 4.78 is 0. The number of nitro benzene ring substituents is 1. The van der Waals surface area contributed by atoms with Crippen LogP contribution < -0.4 is 4.90 Å². The third-order valence-electron chi connectivity index (χ3n) is 1.61. The van der Waals surface area contributed by atoms with Gasteiger partial charge in [0.1, 0.15) is 5.69 Å². The van der Waals surface area contributed by atoms with Crippen LogP contribution in [0, 0.1) is 10.1 Å². The Balaban J connectivity index is 3.34. The molecule has 0 aliphatic rings. The Morgan fingerprint density at radius 3 is 2.46 bits per heavy atom. The fourth-order valence-corrected chi connectivity index (χ4v) is 1.43. The molecule has 13 heavy (non-hydrogen) atoms. The van der Waals surface area contributed by atoms with E-state index in [0.717, 1.165) is 0 Å². The summed E-state index contributed by atoms with van der Waals surface area (Å²) in [5, 5.41) is 11.0. The molecule has 0 fully saturated rings. The molecule has 0 saturated carbocycles. The van der Waals surface area contributed by atoms with E-state index in [9.17, 15) is 10.1 Å². The average molecular weight is 201 g/mol. The van der Waals surface area contributed by atoms with Crippen molar-refractivity contribution in [2.45, 2.75) is 0 Å². The quantitative estimate of drug-likeness (QED) is 0.544. The Labute approximate surface area is 80.9 Å². The molecule has 0 bridgehead atoms. The van der Waals surface area contributed by atoms with Crippen LogP contribution in [0.25, 0.3) is 0 Å². The molecule has 0 spiro atoms. The van der Waals surface area contributed by atoms with Crippen LogP contribution in [0.1, 0.15) is 0 Å². The summed E-state index contributed by atoms with van der Waals surface area (Å²) in [6.07, 6.45) is 0. The normalized spacial score (nSPS) is 9.77. The summed E-state index contributed by atoms with van der Waals surface area (Å²) in [5.74, 6) is 0. The summed E-state index contributed by atoms with van der Waals surface area (Å²) in [7, 11) is 3.43. The first-order valence-corrected chi connectivity index (χ1v) is 4.02. The molecule has 0 atom stereocenters. The molecule has 0 N–H and O–H groups in total. The van der Waals surface area contributed by atoms with Crippen LogP contribution in [-0.4, -0.2) is 19.0 Å². The molecule has 0 radical (unpaired) electrons. The lowest BCUT2D eigenvalue weighted by Crippen LogP contribution is -2.11. The summed E-state index contributed by atoms with van der Waals surface area (Å²) >= 11 is 5.82. The first-order valence-electron chi connectivity index (χ1n) is 3.64. The zero-order valence-electron chi connectivity index (χ0n) is 7.32. The highest BCUT2D eigenvalue weighted by Gasteiger charge is 2.17. The monoisotopic (exact) mass is 200 g/mol. The molecule has 1 aromatic carbocycles. The minimum Gasteiger partial charge on any atom is -0.371 e. The van der Waals surface area contributed by atoms with Crippen molar-refractivity contribution in [3.63, 3.8) is 0 Å². The van der Waals surface area contributed by atoms with Crippen molar-refractivity contribution in [3.05, 3.63) is 33.3 Å². The van der Waals surface area contributed by atoms with Crippen LogP contribution >= 0.6 is 11.6 Å². The third kappa shape index (κ3) is 1.89. The van der Waals surface area contributed by atoms with E-state index in [-0.39, 0.29) is 5.69 Å². The second-order valence-corrected chi connectivity index (χ2v) is 3.17. The molecule has 1 aromatic rings. The molecule has 0 saturated heterocycles. The van der Waals surface area contributed by atoms with Crippen molar-refractivity contribution in [2.75, 3.05) is 19.0 Å². The van der Waals surface area contributed by atoms with Gasteiger partial charge in [0.25, 0.3) is 5.69 Å². The Morgan fingerprint density at radius 1 is 1.46 bits per heavy atom. The molecule has 0 aliphatic carbocycles. The van der Waals surface area contributed by atoms with E-state index in [1.807, 2.05) is 0 Å². The molecular weight excluding hydrogens is 192 g/mol. The van der Waals surface area contributed by atoms with E-state index in [1.165, 1.54) is 6.07 Å². The van der Waals surface area contributed by atoms with E-state index < -0.39 is 4.92 Å². The first kappa shape index (κ1) is 9.80. The van der Waals surface area contributed by atoms with Crippen LogP contribution in [0.5, 0.6) is 0 Å². The van der Waals surface area contributed by atoms with Crippen LogP contribution in [0.4, 0.5) is 11.4 Å². The lowest BCUT2D eigenvalue weighted by molar-refractivity contribution is -0.384. The lowest BCUT2D eigenvalue weighted by atomic mass is 10.2. The minimum absolute atomic E-state index is 0.0255. The standard InChI is InChI=1S/C8H9ClN2O2/c1-10(2)8-6(9)4-3-5-7(8)11(12)13/h3-5H,1-2H3. The number of benzene rings is 1. The Bertz CT molecular complexity index is 339. The maximum atomic E-state index is 10.6. The Hall–Kier alpha value is -1.29. The average Bonchev–Trinajstić information content (AvgIpc) is 2.02. The molecule has 0 aromatic heterocycles. The van der Waals surface area contributed by atoms with Crippen molar-refractivity contribution < 1.29 is 4.92 Å². The largest absolute Gasteiger partial charge is 0.371 e. The van der Waals surface area contributed by atoms with Crippen LogP contribution in [0.3, 0.4) is 0 Å². The summed E-state index contributed by atoms with van der Waals surface area (Å²) in [5.41, 5.74) is 0.465. The number of hydrogen-bond acceptors (Lipinski definition) is 3. The number of halogens is 1. The second kappa shape index (κ2) is 3.62. The zero-order valence-corrected chi connectivity index (χ0v) is 8.08. The Kier molecular flexibility index (Phi) is 2.72. The van der Waals surface area contributed by atoms with Gasteiger partial charge < -0.3 is 4.90 Å². The van der Waals surface area contributed by atoms with Gasteiger partial charge in [-0.25, -0.2) is 0 Å². The van der Waals surface area contributed by atoms with Gasteiger partial charge in [-0.3, -0.25) is 10.1 Å². The fraction of sp³-hybridized carbons (Fsp3) is 0.250. The van der Waals surface area contributed by atoms with Crippen LogP contribution in [0.15, 0.2) is 18.2 Å². The van der Waals surface area contributed by atoms with Crippen molar-refractivity contribution in [3.8, 4) is 0 Å². The smallest absolute Gasteiger partial charge is 0.294 e. The molecule has 0 unspecified atom stereocenters. The van der Waals surface area contributed by atoms with E-state index in [4.69, 9.17) is 11.6 Å². The fourth-order valence-electron chi connectivity index (χ4n) is 1.09. The first-order chi connectivity index (χ1) is 6.04. The van der Waals surface area contributed by atoms with E-state index in [1.54, 1.807) is 31.1 Å². The lowest BCUT2D eigenvalue weighted by Gasteiger charge is -2.13. The predicted molar refractivity (Wildman–Crippen MR) is 52.4 cm³/mol. The number of rotatable bonds is 2. The van der Waals surface area contributed by atoms with Gasteiger partial charge in [0.2, 0.25) is 0 Å². The molecule has 0 amide bonds. The summed E-state index contributed by atoms with van der Waals surface area (Å²) in [6.45, 7) is 0. The van der Waals surface area contributed by atoms with Gasteiger partial charge in [0.15, 0.2) is 0 Å². The maximum absolute atomic E-state index is 10.6. The Morgan fingerprint density at radius 2 is 2.08 bits per heavy atom. The minimum atomic E-state index is -0.443. The van der Waals surface area contributed by atoms with Crippen molar-refractivity contribution >= 4 is 23.0 Å². The second-order valence-electron chi connectivity index (χ2n) is 2.76. The molecule has 5 heteroatoms. The number of nitro groups is 1. The molecular formula is C8H9ClN2O2. The number of hydrogen-bond donors (Lipinski definition) is 0. The molecule has 70 valence electrons. The number of para-hydroxylation sites is 1. The molecule has 0 aliphatic heterocycles. The number of nitrogens with zero attached hydrogens (tertiary/aromatic N) is 2. The van der Waals surface area contributed by atoms with Gasteiger partial charge in [-0.15, -0.1) is 0 Å². The van der Waals surface area contributed by atoms with Gasteiger partial charge in [-0.05, 0) is 6.07 Å². The van der Waals surface area contributed by atoms with Gasteiger partial charge >= 0.3 is 0 Å². The highest BCUT2D eigenvalue weighted by atomic mass is 35.5. The van der Waals surface area contributed by atoms with Crippen molar-refractivity contribution in [1.82, 2.24) is 0 Å². The topological polar surface area (TPSA) is 46.4 Å².